The first-order valence-electron chi connectivity index (χ1n) is 12.4. The van der Waals surface area contributed by atoms with E-state index in [1.807, 2.05) is 13.0 Å². The molecule has 1 aliphatic rings. The number of carbonyl (C=O) groups is 3. The Morgan fingerprint density at radius 1 is 1.21 bits per heavy atom. The molecule has 0 aliphatic carbocycles. The van der Waals surface area contributed by atoms with Gasteiger partial charge < -0.3 is 34.1 Å². The zero-order valence-electron chi connectivity index (χ0n) is 22.2. The van der Waals surface area contributed by atoms with Gasteiger partial charge in [0.05, 0.1) is 19.8 Å². The Labute approximate surface area is 222 Å². The van der Waals surface area contributed by atoms with E-state index in [1.165, 1.54) is 26.3 Å². The van der Waals surface area contributed by atoms with Gasteiger partial charge in [0.15, 0.2) is 23.2 Å². The molecule has 1 fully saturated rings. The minimum absolute atomic E-state index is 0.0166. The maximum Gasteiger partial charge on any atom is 0.331 e. The van der Waals surface area contributed by atoms with Crippen molar-refractivity contribution in [2.45, 2.75) is 52.2 Å². The second-order valence-electron chi connectivity index (χ2n) is 8.57. The summed E-state index contributed by atoms with van der Waals surface area (Å²) < 4.78 is 26.5. The average Bonchev–Trinajstić information content (AvgIpc) is 2.89. The number of carbonyl (C=O) groups excluding carboxylic acids is 3. The zero-order valence-corrected chi connectivity index (χ0v) is 22.2. The van der Waals surface area contributed by atoms with Gasteiger partial charge in [0, 0.05) is 25.8 Å². The van der Waals surface area contributed by atoms with Crippen LogP contribution in [-0.4, -0.2) is 67.2 Å². The number of phenolic OH excluding ortho intramolecular Hbond substituents is 1. The lowest BCUT2D eigenvalue weighted by Crippen LogP contribution is -2.46. The zero-order chi connectivity index (χ0) is 27.9. The van der Waals surface area contributed by atoms with Gasteiger partial charge in [-0.2, -0.15) is 0 Å². The van der Waals surface area contributed by atoms with Crippen molar-refractivity contribution >= 4 is 17.8 Å². The van der Waals surface area contributed by atoms with Crippen LogP contribution in [0.4, 0.5) is 0 Å². The molecular weight excluding hydrogens is 496 g/mol. The molecular formula is C27H36N2O9. The van der Waals surface area contributed by atoms with Crippen LogP contribution < -0.4 is 14.8 Å². The molecule has 3 rings (SSSR count). The quantitative estimate of drug-likeness (QED) is 0.403. The maximum atomic E-state index is 12.9. The molecule has 0 bridgehead atoms. The molecule has 0 saturated carbocycles. The Morgan fingerprint density at radius 2 is 1.95 bits per heavy atom. The lowest BCUT2D eigenvalue weighted by atomic mass is 9.96. The Bertz CT molecular complexity index is 1030. The van der Waals surface area contributed by atoms with Crippen molar-refractivity contribution in [1.29, 1.82) is 0 Å². The molecule has 1 saturated heterocycles. The van der Waals surface area contributed by atoms with Crippen LogP contribution >= 0.6 is 0 Å². The summed E-state index contributed by atoms with van der Waals surface area (Å²) in [5.41, 5.74) is -0.129. The van der Waals surface area contributed by atoms with Crippen molar-refractivity contribution in [2.75, 3.05) is 27.1 Å². The number of nitrogens with one attached hydrogen (secondary N) is 1. The average molecular weight is 533 g/mol. The standard InChI is InChI=1S/C21H30N2O8.C6H6O/c1-5-15-7-9-28-11-16(21(26)31-13(2)10-15)23-20(25)18-19(30-12-29-14(3)24)17(27-4)6-8-22-18;7-6-4-2-1-3-5-6/h6,8,13,15-16H,5,7,9-12H2,1-4H3,(H,23,25);1-5,7H/t13?,15?,16-;/m0./s1. The monoisotopic (exact) mass is 532 g/mol. The fourth-order valence-electron chi connectivity index (χ4n) is 3.62. The Kier molecular flexibility index (Phi) is 12.8. The van der Waals surface area contributed by atoms with Gasteiger partial charge in [0.2, 0.25) is 6.79 Å². The largest absolute Gasteiger partial charge is 0.508 e. The predicted molar refractivity (Wildman–Crippen MR) is 137 cm³/mol. The molecule has 2 heterocycles. The van der Waals surface area contributed by atoms with E-state index in [1.54, 1.807) is 24.3 Å². The highest BCUT2D eigenvalue weighted by molar-refractivity contribution is 5.98. The summed E-state index contributed by atoms with van der Waals surface area (Å²) in [6.45, 7) is 5.19. The molecule has 2 aromatic rings. The van der Waals surface area contributed by atoms with Crippen LogP contribution in [0, 0.1) is 5.92 Å². The molecule has 2 N–H and O–H groups in total. The Hall–Kier alpha value is -3.86. The molecule has 0 radical (unpaired) electrons. The van der Waals surface area contributed by atoms with E-state index >= 15 is 0 Å². The van der Waals surface area contributed by atoms with E-state index in [9.17, 15) is 14.4 Å². The number of amides is 1. The highest BCUT2D eigenvalue weighted by Gasteiger charge is 2.29. The molecule has 208 valence electrons. The first-order valence-corrected chi connectivity index (χ1v) is 12.4. The van der Waals surface area contributed by atoms with Gasteiger partial charge in [-0.25, -0.2) is 9.78 Å². The minimum Gasteiger partial charge on any atom is -0.508 e. The molecule has 1 amide bonds. The molecule has 1 aliphatic heterocycles. The highest BCUT2D eigenvalue weighted by atomic mass is 16.7. The van der Waals surface area contributed by atoms with Crippen molar-refractivity contribution in [3.8, 4) is 17.2 Å². The molecule has 2 unspecified atom stereocenters. The number of aromatic nitrogens is 1. The summed E-state index contributed by atoms with van der Waals surface area (Å²) in [5, 5.41) is 11.2. The van der Waals surface area contributed by atoms with Gasteiger partial charge in [0.1, 0.15) is 5.75 Å². The van der Waals surface area contributed by atoms with Crippen molar-refractivity contribution < 1.29 is 43.2 Å². The number of rotatable bonds is 7. The fourth-order valence-corrected chi connectivity index (χ4v) is 3.62. The SMILES string of the molecule is CCC1CCOC[C@H](NC(=O)c2nccc(OC)c2OCOC(C)=O)C(=O)OC(C)C1.Oc1ccccc1. The molecule has 0 spiro atoms. The van der Waals surface area contributed by atoms with E-state index in [0.717, 1.165) is 19.3 Å². The van der Waals surface area contributed by atoms with E-state index in [-0.39, 0.29) is 29.9 Å². The Balaban J connectivity index is 0.000000624. The van der Waals surface area contributed by atoms with Crippen molar-refractivity contribution in [3.05, 3.63) is 48.3 Å². The smallest absolute Gasteiger partial charge is 0.331 e. The first-order chi connectivity index (χ1) is 18.2. The van der Waals surface area contributed by atoms with E-state index in [2.05, 4.69) is 17.2 Å². The third-order valence-corrected chi connectivity index (χ3v) is 5.63. The number of pyridine rings is 1. The normalized spacial score (nSPS) is 19.6. The molecule has 11 nitrogen and oxygen atoms in total. The molecule has 3 atom stereocenters. The van der Waals surface area contributed by atoms with Gasteiger partial charge >= 0.3 is 11.9 Å². The second kappa shape index (κ2) is 16.1. The van der Waals surface area contributed by atoms with Crippen LogP contribution in [-0.2, 0) is 23.8 Å². The van der Waals surface area contributed by atoms with Gasteiger partial charge in [-0.3, -0.25) is 9.59 Å². The molecule has 1 aromatic heterocycles. The number of cyclic esters (lactones) is 1. The third-order valence-electron chi connectivity index (χ3n) is 5.63. The predicted octanol–water partition coefficient (Wildman–Crippen LogP) is 3.25. The number of esters is 2. The number of ether oxygens (including phenoxy) is 5. The first kappa shape index (κ1) is 30.4. The molecule has 11 heteroatoms. The summed E-state index contributed by atoms with van der Waals surface area (Å²) in [7, 11) is 1.40. The highest BCUT2D eigenvalue weighted by Crippen LogP contribution is 2.29. The lowest BCUT2D eigenvalue weighted by Gasteiger charge is -2.26. The van der Waals surface area contributed by atoms with Crippen LogP contribution in [0.25, 0.3) is 0 Å². The van der Waals surface area contributed by atoms with E-state index in [4.69, 9.17) is 28.8 Å². The summed E-state index contributed by atoms with van der Waals surface area (Å²) >= 11 is 0. The van der Waals surface area contributed by atoms with Crippen LogP contribution in [0.15, 0.2) is 42.6 Å². The van der Waals surface area contributed by atoms with Crippen molar-refractivity contribution in [1.82, 2.24) is 10.3 Å². The summed E-state index contributed by atoms with van der Waals surface area (Å²) in [4.78, 5) is 40.5. The summed E-state index contributed by atoms with van der Waals surface area (Å²) in [6, 6.07) is 9.19. The van der Waals surface area contributed by atoms with Gasteiger partial charge in [-0.05, 0) is 37.8 Å². The topological polar surface area (TPSA) is 143 Å². The number of phenols is 1. The number of methoxy groups -OCH3 is 1. The summed E-state index contributed by atoms with van der Waals surface area (Å²) in [6.07, 6.45) is 3.65. The fraction of sp³-hybridized carbons (Fsp3) is 0.481. The molecule has 1 aromatic carbocycles. The van der Waals surface area contributed by atoms with E-state index in [0.29, 0.717) is 18.3 Å². The lowest BCUT2D eigenvalue weighted by molar-refractivity contribution is -0.154. The van der Waals surface area contributed by atoms with Crippen molar-refractivity contribution in [2.24, 2.45) is 5.92 Å². The maximum absolute atomic E-state index is 12.9. The summed E-state index contributed by atoms with van der Waals surface area (Å²) in [5.74, 6) is -0.876. The molecule has 38 heavy (non-hydrogen) atoms. The Morgan fingerprint density at radius 3 is 2.55 bits per heavy atom. The number of aromatic hydroxyl groups is 1. The number of benzene rings is 1. The van der Waals surface area contributed by atoms with Gasteiger partial charge in [-0.15, -0.1) is 0 Å². The van der Waals surface area contributed by atoms with Crippen LogP contribution in [0.1, 0.15) is 50.5 Å². The van der Waals surface area contributed by atoms with Crippen LogP contribution in [0.2, 0.25) is 0 Å². The van der Waals surface area contributed by atoms with Crippen LogP contribution in [0.5, 0.6) is 17.2 Å². The third kappa shape index (κ3) is 10.3. The number of hydrogen-bond donors (Lipinski definition) is 2. The van der Waals surface area contributed by atoms with Gasteiger partial charge in [0.25, 0.3) is 5.91 Å². The minimum atomic E-state index is -1.01. The van der Waals surface area contributed by atoms with Gasteiger partial charge in [-0.1, -0.05) is 31.5 Å². The number of nitrogens with zero attached hydrogens (tertiary/aromatic N) is 1. The number of para-hydroxylation sites is 1. The second-order valence-corrected chi connectivity index (χ2v) is 8.57. The van der Waals surface area contributed by atoms with Crippen molar-refractivity contribution in [3.63, 3.8) is 0 Å². The van der Waals surface area contributed by atoms with E-state index < -0.39 is 30.7 Å². The van der Waals surface area contributed by atoms with Crippen LogP contribution in [0.3, 0.4) is 0 Å². The number of hydrogen-bond acceptors (Lipinski definition) is 10.